The van der Waals surface area contributed by atoms with E-state index in [1.807, 2.05) is 12.3 Å². The summed E-state index contributed by atoms with van der Waals surface area (Å²) in [6, 6.07) is 7.95. The lowest BCUT2D eigenvalue weighted by Crippen LogP contribution is -2.08. The molecule has 0 saturated heterocycles. The van der Waals surface area contributed by atoms with Crippen LogP contribution in [0, 0.1) is 0 Å². The van der Waals surface area contributed by atoms with Crippen LogP contribution in [0.2, 0.25) is 10.0 Å². The van der Waals surface area contributed by atoms with Gasteiger partial charge in [0, 0.05) is 41.7 Å². The molecule has 0 aliphatic rings. The van der Waals surface area contributed by atoms with E-state index in [-0.39, 0.29) is 10.6 Å². The van der Waals surface area contributed by atoms with E-state index in [2.05, 4.69) is 10.1 Å². The van der Waals surface area contributed by atoms with Crippen molar-refractivity contribution in [2.75, 3.05) is 0 Å². The van der Waals surface area contributed by atoms with Crippen LogP contribution in [0.3, 0.4) is 0 Å². The largest absolute Gasteiger partial charge is 0.271 e. The van der Waals surface area contributed by atoms with E-state index < -0.39 is 5.92 Å². The average molecular weight is 368 g/mol. The average Bonchev–Trinajstić information content (AvgIpc) is 3.00. The van der Waals surface area contributed by atoms with Crippen molar-refractivity contribution in [1.29, 1.82) is 0 Å². The summed E-state index contributed by atoms with van der Waals surface area (Å²) in [6.07, 6.45) is 5.17. The van der Waals surface area contributed by atoms with Crippen LogP contribution in [0.5, 0.6) is 0 Å². The van der Waals surface area contributed by atoms with Crippen LogP contribution >= 0.6 is 23.2 Å². The van der Waals surface area contributed by atoms with E-state index in [1.165, 1.54) is 12.1 Å². The van der Waals surface area contributed by atoms with Crippen LogP contribution in [-0.2, 0) is 12.5 Å². The molecule has 0 radical (unpaired) electrons. The maximum absolute atomic E-state index is 13.6. The molecule has 3 nitrogen and oxygen atoms in total. The third kappa shape index (κ3) is 3.57. The minimum absolute atomic E-state index is 0.0117. The molecule has 1 aromatic carbocycles. The van der Waals surface area contributed by atoms with Gasteiger partial charge in [-0.25, -0.2) is 8.78 Å². The number of hydrogen-bond donors (Lipinski definition) is 0. The van der Waals surface area contributed by atoms with Gasteiger partial charge in [0.05, 0.1) is 17.3 Å². The zero-order valence-corrected chi connectivity index (χ0v) is 14.2. The smallest absolute Gasteiger partial charge is 0.268 e. The molecule has 0 amide bonds. The highest BCUT2D eigenvalue weighted by Crippen LogP contribution is 2.36. The Morgan fingerprint density at radius 3 is 2.58 bits per heavy atom. The number of hydrogen-bond acceptors (Lipinski definition) is 2. The second-order valence-corrected chi connectivity index (χ2v) is 6.28. The highest BCUT2D eigenvalue weighted by Gasteiger charge is 2.28. The van der Waals surface area contributed by atoms with Crippen molar-refractivity contribution >= 4 is 23.2 Å². The van der Waals surface area contributed by atoms with Crippen molar-refractivity contribution < 1.29 is 8.78 Å². The van der Waals surface area contributed by atoms with Crippen LogP contribution in [0.4, 0.5) is 8.78 Å². The highest BCUT2D eigenvalue weighted by atomic mass is 35.5. The fourth-order valence-corrected chi connectivity index (χ4v) is 2.95. The van der Waals surface area contributed by atoms with Gasteiger partial charge in [0.1, 0.15) is 0 Å². The van der Waals surface area contributed by atoms with Gasteiger partial charge in [0.2, 0.25) is 0 Å². The molecule has 124 valence electrons. The van der Waals surface area contributed by atoms with Crippen LogP contribution in [-0.4, -0.2) is 14.8 Å². The fourth-order valence-electron chi connectivity index (χ4n) is 2.37. The number of halogens is 4. The van der Waals surface area contributed by atoms with Gasteiger partial charge in [-0.15, -0.1) is 0 Å². The number of alkyl halides is 2. The van der Waals surface area contributed by atoms with E-state index in [4.69, 9.17) is 23.2 Å². The minimum Gasteiger partial charge on any atom is -0.268 e. The molecule has 3 rings (SSSR count). The topological polar surface area (TPSA) is 30.7 Å². The fraction of sp³-hybridized carbons (Fsp3) is 0.176. The maximum atomic E-state index is 13.6. The lowest BCUT2D eigenvalue weighted by atomic mass is 10.0. The minimum atomic E-state index is -3.04. The van der Waals surface area contributed by atoms with Crippen molar-refractivity contribution in [3.63, 3.8) is 0 Å². The van der Waals surface area contributed by atoms with Crippen molar-refractivity contribution in [3.8, 4) is 11.3 Å². The first kappa shape index (κ1) is 16.9. The molecule has 0 fully saturated rings. The highest BCUT2D eigenvalue weighted by molar-refractivity contribution is 6.33. The summed E-state index contributed by atoms with van der Waals surface area (Å²) in [4.78, 5) is 4.32. The lowest BCUT2D eigenvalue weighted by molar-refractivity contribution is 0.0176. The zero-order chi connectivity index (χ0) is 17.3. The Morgan fingerprint density at radius 1 is 1.17 bits per heavy atom. The van der Waals surface area contributed by atoms with Gasteiger partial charge in [-0.05, 0) is 29.8 Å². The monoisotopic (exact) mass is 367 g/mol. The normalized spacial score (nSPS) is 11.7. The van der Waals surface area contributed by atoms with Gasteiger partial charge in [0.25, 0.3) is 5.92 Å². The van der Waals surface area contributed by atoms with E-state index >= 15 is 0 Å². The predicted molar refractivity (Wildman–Crippen MR) is 90.6 cm³/mol. The summed E-state index contributed by atoms with van der Waals surface area (Å²) in [5.74, 6) is -3.04. The quantitative estimate of drug-likeness (QED) is 0.616. The van der Waals surface area contributed by atoms with Gasteiger partial charge in [-0.1, -0.05) is 29.3 Å². The Balaban J connectivity index is 1.95. The summed E-state index contributed by atoms with van der Waals surface area (Å²) in [5.41, 5.74) is 1.54. The number of nitrogens with zero attached hydrogens (tertiary/aromatic N) is 3. The predicted octanol–water partition coefficient (Wildman–Crippen LogP) is 5.41. The first-order valence-corrected chi connectivity index (χ1v) is 7.90. The van der Waals surface area contributed by atoms with Gasteiger partial charge >= 0.3 is 0 Å². The van der Waals surface area contributed by atoms with Crippen molar-refractivity contribution in [3.05, 3.63) is 70.1 Å². The Labute approximate surface area is 147 Å². The molecular weight excluding hydrogens is 355 g/mol. The number of aromatic nitrogens is 3. The molecule has 0 aliphatic heterocycles. The molecule has 0 spiro atoms. The first-order valence-electron chi connectivity index (χ1n) is 7.14. The molecule has 3 aromatic rings. The Morgan fingerprint density at radius 2 is 1.96 bits per heavy atom. The van der Waals surface area contributed by atoms with E-state index in [1.54, 1.807) is 29.2 Å². The Hall–Kier alpha value is -1.98. The third-order valence-electron chi connectivity index (χ3n) is 3.51. The van der Waals surface area contributed by atoms with E-state index in [0.717, 1.165) is 12.5 Å². The van der Waals surface area contributed by atoms with Crippen molar-refractivity contribution in [1.82, 2.24) is 14.8 Å². The molecule has 0 unspecified atom stereocenters. The molecule has 0 N–H and O–H groups in total. The molecule has 0 saturated carbocycles. The Bertz CT molecular complexity index is 859. The van der Waals surface area contributed by atoms with Crippen LogP contribution < -0.4 is 0 Å². The molecule has 0 bridgehead atoms. The molecule has 2 aromatic heterocycles. The number of pyridine rings is 1. The molecule has 2 heterocycles. The molecule has 0 aliphatic carbocycles. The van der Waals surface area contributed by atoms with Gasteiger partial charge in [-0.3, -0.25) is 9.67 Å². The second kappa shape index (κ2) is 6.49. The second-order valence-electron chi connectivity index (χ2n) is 5.46. The Kier molecular flexibility index (Phi) is 4.56. The maximum Gasteiger partial charge on any atom is 0.271 e. The van der Waals surface area contributed by atoms with Crippen LogP contribution in [0.15, 0.2) is 48.9 Å². The summed E-state index contributed by atoms with van der Waals surface area (Å²) < 4.78 is 29.0. The third-order valence-corrected chi connectivity index (χ3v) is 4.13. The zero-order valence-electron chi connectivity index (χ0n) is 12.7. The van der Waals surface area contributed by atoms with Crippen molar-refractivity contribution in [2.24, 2.45) is 0 Å². The summed E-state index contributed by atoms with van der Waals surface area (Å²) in [5, 5.41) is 4.51. The molecule has 24 heavy (non-hydrogen) atoms. The van der Waals surface area contributed by atoms with Gasteiger partial charge in [0.15, 0.2) is 0 Å². The standard InChI is InChI=1S/C17H13Cl2F2N3/c1-17(20,21)13-8-12(3-4-14(13)18)16-15(19)7-11(9-22-16)10-24-6-2-5-23-24/h2-9H,10H2,1H3. The molecule has 7 heteroatoms. The van der Waals surface area contributed by atoms with E-state index in [0.29, 0.717) is 22.8 Å². The first-order chi connectivity index (χ1) is 11.3. The van der Waals surface area contributed by atoms with Crippen LogP contribution in [0.1, 0.15) is 18.1 Å². The summed E-state index contributed by atoms with van der Waals surface area (Å²) in [7, 11) is 0. The lowest BCUT2D eigenvalue weighted by Gasteiger charge is -2.14. The van der Waals surface area contributed by atoms with Gasteiger partial charge < -0.3 is 0 Å². The van der Waals surface area contributed by atoms with Crippen LogP contribution in [0.25, 0.3) is 11.3 Å². The SMILES string of the molecule is CC(F)(F)c1cc(-c2ncc(Cn3cccn3)cc2Cl)ccc1Cl. The molecular formula is C17H13Cl2F2N3. The van der Waals surface area contributed by atoms with E-state index in [9.17, 15) is 8.78 Å². The van der Waals surface area contributed by atoms with Crippen molar-refractivity contribution in [2.45, 2.75) is 19.4 Å². The summed E-state index contributed by atoms with van der Waals surface area (Å²) in [6.45, 7) is 1.33. The number of benzene rings is 1. The number of rotatable bonds is 4. The molecule has 0 atom stereocenters. The summed E-state index contributed by atoms with van der Waals surface area (Å²) >= 11 is 12.2. The van der Waals surface area contributed by atoms with Gasteiger partial charge in [-0.2, -0.15) is 5.10 Å².